The molecule has 1 saturated heterocycles. The van der Waals surface area contributed by atoms with Gasteiger partial charge in [0.1, 0.15) is 6.10 Å². The van der Waals surface area contributed by atoms with Crippen LogP contribution >= 0.6 is 0 Å². The van der Waals surface area contributed by atoms with Crippen LogP contribution in [-0.4, -0.2) is 40.0 Å². The first-order valence-corrected chi connectivity index (χ1v) is 6.05. The molecule has 2 aliphatic rings. The molecule has 1 atom stereocenters. The van der Waals surface area contributed by atoms with Gasteiger partial charge >= 0.3 is 6.01 Å². The quantitative estimate of drug-likeness (QED) is 0.777. The monoisotopic (exact) mass is 233 g/mol. The van der Waals surface area contributed by atoms with Crippen molar-refractivity contribution in [3.63, 3.8) is 0 Å². The number of hydrogen-bond donors (Lipinski definition) is 0. The van der Waals surface area contributed by atoms with Crippen molar-refractivity contribution in [1.82, 2.24) is 14.9 Å². The van der Waals surface area contributed by atoms with Crippen LogP contribution in [0.2, 0.25) is 0 Å². The number of hydrogen-bond acceptors (Lipinski definition) is 4. The zero-order chi connectivity index (χ0) is 11.7. The molecule has 90 valence electrons. The van der Waals surface area contributed by atoms with E-state index in [1.54, 1.807) is 18.5 Å². The van der Waals surface area contributed by atoms with E-state index in [9.17, 15) is 4.79 Å². The van der Waals surface area contributed by atoms with Gasteiger partial charge < -0.3 is 9.64 Å². The number of rotatable bonds is 3. The fourth-order valence-electron chi connectivity index (χ4n) is 2.11. The van der Waals surface area contributed by atoms with E-state index in [-0.39, 0.29) is 6.10 Å². The van der Waals surface area contributed by atoms with Crippen molar-refractivity contribution in [3.8, 4) is 6.01 Å². The summed E-state index contributed by atoms with van der Waals surface area (Å²) in [6.07, 6.45) is 6.34. The maximum atomic E-state index is 11.8. The van der Waals surface area contributed by atoms with E-state index in [4.69, 9.17) is 4.74 Å². The summed E-state index contributed by atoms with van der Waals surface area (Å²) in [4.78, 5) is 21.8. The van der Waals surface area contributed by atoms with Crippen molar-refractivity contribution >= 4 is 5.91 Å². The van der Waals surface area contributed by atoms with Gasteiger partial charge in [0.25, 0.3) is 0 Å². The van der Waals surface area contributed by atoms with Gasteiger partial charge in [0.2, 0.25) is 5.91 Å². The van der Waals surface area contributed by atoms with Crippen LogP contribution in [0.4, 0.5) is 0 Å². The van der Waals surface area contributed by atoms with Crippen LogP contribution in [0, 0.1) is 5.92 Å². The Bertz CT molecular complexity index is 405. The highest BCUT2D eigenvalue weighted by Crippen LogP contribution is 2.32. The van der Waals surface area contributed by atoms with Crippen LogP contribution in [0.3, 0.4) is 0 Å². The average molecular weight is 233 g/mol. The molecule has 2 heterocycles. The predicted molar refractivity (Wildman–Crippen MR) is 60.4 cm³/mol. The lowest BCUT2D eigenvalue weighted by Gasteiger charge is -2.16. The summed E-state index contributed by atoms with van der Waals surface area (Å²) in [5.41, 5.74) is 0. The van der Waals surface area contributed by atoms with Crippen molar-refractivity contribution in [3.05, 3.63) is 18.5 Å². The molecule has 1 aliphatic heterocycles. The summed E-state index contributed by atoms with van der Waals surface area (Å²) in [5.74, 6) is 0.590. The molecular formula is C12H15N3O2. The molecule has 0 spiro atoms. The van der Waals surface area contributed by atoms with Crippen LogP contribution < -0.4 is 4.74 Å². The SMILES string of the molecule is O=C(C1CC1)N1CCC(Oc2ncccn2)C1. The number of aromatic nitrogens is 2. The van der Waals surface area contributed by atoms with E-state index >= 15 is 0 Å². The summed E-state index contributed by atoms with van der Waals surface area (Å²) in [5, 5.41) is 0. The highest BCUT2D eigenvalue weighted by Gasteiger charge is 2.37. The van der Waals surface area contributed by atoms with E-state index in [0.29, 0.717) is 24.4 Å². The Morgan fingerprint density at radius 3 is 2.76 bits per heavy atom. The molecule has 17 heavy (non-hydrogen) atoms. The molecule has 0 bridgehead atoms. The molecule has 5 nitrogen and oxygen atoms in total. The lowest BCUT2D eigenvalue weighted by Crippen LogP contribution is -2.32. The van der Waals surface area contributed by atoms with Crippen LogP contribution in [-0.2, 0) is 4.79 Å². The first-order chi connectivity index (χ1) is 8.33. The second-order valence-corrected chi connectivity index (χ2v) is 4.62. The number of nitrogens with zero attached hydrogens (tertiary/aromatic N) is 3. The Morgan fingerprint density at radius 2 is 2.06 bits per heavy atom. The molecule has 0 radical (unpaired) electrons. The molecule has 1 aromatic rings. The molecule has 1 unspecified atom stereocenters. The van der Waals surface area contributed by atoms with E-state index in [0.717, 1.165) is 25.8 Å². The standard InChI is InChI=1S/C12H15N3O2/c16-11(9-2-3-9)15-7-4-10(8-15)17-12-13-5-1-6-14-12/h1,5-6,9-10H,2-4,7-8H2. The number of amides is 1. The number of carbonyl (C=O) groups is 1. The van der Waals surface area contributed by atoms with E-state index < -0.39 is 0 Å². The Kier molecular flexibility index (Phi) is 2.66. The maximum absolute atomic E-state index is 11.8. The van der Waals surface area contributed by atoms with Crippen LogP contribution in [0.15, 0.2) is 18.5 Å². The third-order valence-corrected chi connectivity index (χ3v) is 3.20. The fourth-order valence-corrected chi connectivity index (χ4v) is 2.11. The van der Waals surface area contributed by atoms with Gasteiger partial charge in [-0.2, -0.15) is 0 Å². The second-order valence-electron chi connectivity index (χ2n) is 4.62. The van der Waals surface area contributed by atoms with Gasteiger partial charge in [-0.25, -0.2) is 9.97 Å². The van der Waals surface area contributed by atoms with Crippen LogP contribution in [0.1, 0.15) is 19.3 Å². The van der Waals surface area contributed by atoms with Gasteiger partial charge in [-0.1, -0.05) is 0 Å². The summed E-state index contributed by atoms with van der Waals surface area (Å²) in [7, 11) is 0. The van der Waals surface area contributed by atoms with Gasteiger partial charge in [-0.05, 0) is 18.9 Å². The summed E-state index contributed by atoms with van der Waals surface area (Å²) in [6, 6.07) is 2.16. The van der Waals surface area contributed by atoms with Crippen molar-refractivity contribution < 1.29 is 9.53 Å². The first-order valence-electron chi connectivity index (χ1n) is 6.05. The third kappa shape index (κ3) is 2.38. The third-order valence-electron chi connectivity index (χ3n) is 3.20. The maximum Gasteiger partial charge on any atom is 0.316 e. The average Bonchev–Trinajstić information content (AvgIpc) is 3.11. The van der Waals surface area contributed by atoms with Gasteiger partial charge in [0, 0.05) is 31.3 Å². The zero-order valence-corrected chi connectivity index (χ0v) is 9.58. The van der Waals surface area contributed by atoms with Gasteiger partial charge in [0.15, 0.2) is 0 Å². The minimum Gasteiger partial charge on any atom is -0.458 e. The van der Waals surface area contributed by atoms with Crippen molar-refractivity contribution in [2.75, 3.05) is 13.1 Å². The number of ether oxygens (including phenoxy) is 1. The zero-order valence-electron chi connectivity index (χ0n) is 9.58. The van der Waals surface area contributed by atoms with Crippen molar-refractivity contribution in [2.45, 2.75) is 25.4 Å². The lowest BCUT2D eigenvalue weighted by molar-refractivity contribution is -0.131. The minimum absolute atomic E-state index is 0.0418. The highest BCUT2D eigenvalue weighted by molar-refractivity contribution is 5.81. The topological polar surface area (TPSA) is 55.3 Å². The molecule has 1 aliphatic carbocycles. The number of likely N-dealkylation sites (tertiary alicyclic amines) is 1. The van der Waals surface area contributed by atoms with Gasteiger partial charge in [0.05, 0.1) is 6.54 Å². The Balaban J connectivity index is 1.55. The Morgan fingerprint density at radius 1 is 1.29 bits per heavy atom. The van der Waals surface area contributed by atoms with Gasteiger partial charge in [-0.3, -0.25) is 4.79 Å². The highest BCUT2D eigenvalue weighted by atomic mass is 16.5. The van der Waals surface area contributed by atoms with Crippen LogP contribution in [0.25, 0.3) is 0 Å². The number of carbonyl (C=O) groups excluding carboxylic acids is 1. The predicted octanol–water partition coefficient (Wildman–Crippen LogP) is 0.866. The molecular weight excluding hydrogens is 218 g/mol. The molecule has 0 N–H and O–H groups in total. The largest absolute Gasteiger partial charge is 0.458 e. The van der Waals surface area contributed by atoms with E-state index in [2.05, 4.69) is 9.97 Å². The molecule has 1 saturated carbocycles. The summed E-state index contributed by atoms with van der Waals surface area (Å²) in [6.45, 7) is 1.47. The lowest BCUT2D eigenvalue weighted by atomic mass is 10.3. The molecule has 0 aromatic carbocycles. The van der Waals surface area contributed by atoms with Gasteiger partial charge in [-0.15, -0.1) is 0 Å². The van der Waals surface area contributed by atoms with E-state index in [1.165, 1.54) is 0 Å². The molecule has 3 rings (SSSR count). The fraction of sp³-hybridized carbons (Fsp3) is 0.583. The Hall–Kier alpha value is -1.65. The van der Waals surface area contributed by atoms with E-state index in [1.807, 2.05) is 4.90 Å². The van der Waals surface area contributed by atoms with Crippen molar-refractivity contribution in [2.24, 2.45) is 5.92 Å². The molecule has 2 fully saturated rings. The molecule has 5 heteroatoms. The van der Waals surface area contributed by atoms with Crippen LogP contribution in [0.5, 0.6) is 6.01 Å². The molecule has 1 amide bonds. The van der Waals surface area contributed by atoms with Crippen molar-refractivity contribution in [1.29, 1.82) is 0 Å². The normalized spacial score (nSPS) is 23.8. The summed E-state index contributed by atoms with van der Waals surface area (Å²) < 4.78 is 5.64. The second kappa shape index (κ2) is 4.31. The Labute approximate surface area is 99.8 Å². The first kappa shape index (κ1) is 10.5. The minimum atomic E-state index is 0.0418. The molecule has 1 aromatic heterocycles. The smallest absolute Gasteiger partial charge is 0.316 e. The summed E-state index contributed by atoms with van der Waals surface area (Å²) >= 11 is 0.